The third kappa shape index (κ3) is 4.49. The molecule has 4 nitrogen and oxygen atoms in total. The lowest BCUT2D eigenvalue weighted by atomic mass is 10.1. The maximum atomic E-state index is 12.5. The molecule has 0 aliphatic rings. The fourth-order valence-corrected chi connectivity index (χ4v) is 3.48. The molecule has 0 N–H and O–H groups in total. The van der Waals surface area contributed by atoms with Gasteiger partial charge in [0, 0.05) is 0 Å². The molecule has 2 aromatic carbocycles. The van der Waals surface area contributed by atoms with Gasteiger partial charge in [-0.15, -0.1) is 11.3 Å². The number of esters is 1. The van der Waals surface area contributed by atoms with Crippen LogP contribution in [-0.2, 0) is 6.61 Å². The standard InChI is InChI=1S/C21H21NO3S/c1-13-5-7-17(8-6-13)24-12-19-22-16(4)20(26-19)21(23)25-18-10-14(2)9-15(3)11-18/h5-11H,12H2,1-4H3. The SMILES string of the molecule is Cc1ccc(OCc2nc(C)c(C(=O)Oc3cc(C)cc(C)c3)s2)cc1. The van der Waals surface area contributed by atoms with Gasteiger partial charge in [0.15, 0.2) is 0 Å². The minimum absolute atomic E-state index is 0.325. The molecular formula is C21H21NO3S. The lowest BCUT2D eigenvalue weighted by Gasteiger charge is -2.05. The van der Waals surface area contributed by atoms with E-state index < -0.39 is 0 Å². The monoisotopic (exact) mass is 367 g/mol. The van der Waals surface area contributed by atoms with E-state index in [1.807, 2.05) is 70.2 Å². The van der Waals surface area contributed by atoms with Gasteiger partial charge in [0.05, 0.1) is 5.69 Å². The summed E-state index contributed by atoms with van der Waals surface area (Å²) in [7, 11) is 0. The van der Waals surface area contributed by atoms with Crippen molar-refractivity contribution in [3.63, 3.8) is 0 Å². The van der Waals surface area contributed by atoms with Crippen LogP contribution in [0.15, 0.2) is 42.5 Å². The Kier molecular flexibility index (Phi) is 5.38. The van der Waals surface area contributed by atoms with Crippen LogP contribution in [0.4, 0.5) is 0 Å². The third-order valence-electron chi connectivity index (χ3n) is 3.82. The minimum atomic E-state index is -0.383. The molecule has 5 heteroatoms. The predicted molar refractivity (Wildman–Crippen MR) is 103 cm³/mol. The van der Waals surface area contributed by atoms with Crippen LogP contribution in [-0.4, -0.2) is 11.0 Å². The Morgan fingerprint density at radius 3 is 2.23 bits per heavy atom. The fraction of sp³-hybridized carbons (Fsp3) is 0.238. The van der Waals surface area contributed by atoms with E-state index in [9.17, 15) is 4.79 Å². The highest BCUT2D eigenvalue weighted by atomic mass is 32.1. The number of carbonyl (C=O) groups excluding carboxylic acids is 1. The van der Waals surface area contributed by atoms with Crippen molar-refractivity contribution < 1.29 is 14.3 Å². The first-order valence-corrected chi connectivity index (χ1v) is 9.18. The average Bonchev–Trinajstić information content (AvgIpc) is 2.94. The molecule has 0 bridgehead atoms. The second-order valence-corrected chi connectivity index (χ2v) is 7.42. The van der Waals surface area contributed by atoms with Crippen LogP contribution in [0.3, 0.4) is 0 Å². The first kappa shape index (κ1) is 18.1. The highest BCUT2D eigenvalue weighted by Gasteiger charge is 2.18. The zero-order valence-corrected chi connectivity index (χ0v) is 16.1. The van der Waals surface area contributed by atoms with Crippen LogP contribution in [0, 0.1) is 27.7 Å². The predicted octanol–water partition coefficient (Wildman–Crippen LogP) is 5.17. The molecule has 134 valence electrons. The van der Waals surface area contributed by atoms with E-state index in [2.05, 4.69) is 4.98 Å². The van der Waals surface area contributed by atoms with Crippen molar-refractivity contribution >= 4 is 17.3 Å². The van der Waals surface area contributed by atoms with E-state index in [1.54, 1.807) is 0 Å². The molecule has 1 heterocycles. The van der Waals surface area contributed by atoms with Gasteiger partial charge in [-0.25, -0.2) is 9.78 Å². The van der Waals surface area contributed by atoms with Gasteiger partial charge in [-0.2, -0.15) is 0 Å². The lowest BCUT2D eigenvalue weighted by molar-refractivity contribution is 0.0739. The van der Waals surface area contributed by atoms with Crippen LogP contribution < -0.4 is 9.47 Å². The van der Waals surface area contributed by atoms with Crippen LogP contribution >= 0.6 is 11.3 Å². The Balaban J connectivity index is 1.68. The van der Waals surface area contributed by atoms with Crippen molar-refractivity contribution in [2.24, 2.45) is 0 Å². The molecule has 0 aliphatic carbocycles. The summed E-state index contributed by atoms with van der Waals surface area (Å²) in [5.74, 6) is 0.951. The number of hydrogen-bond acceptors (Lipinski definition) is 5. The van der Waals surface area contributed by atoms with E-state index in [-0.39, 0.29) is 5.97 Å². The highest BCUT2D eigenvalue weighted by Crippen LogP contribution is 2.23. The number of benzene rings is 2. The average molecular weight is 367 g/mol. The van der Waals surface area contributed by atoms with Crippen LogP contribution in [0.2, 0.25) is 0 Å². The molecule has 1 aromatic heterocycles. The molecule has 0 saturated carbocycles. The third-order valence-corrected chi connectivity index (χ3v) is 4.93. The summed E-state index contributed by atoms with van der Waals surface area (Å²) in [6, 6.07) is 13.6. The Hall–Kier alpha value is -2.66. The maximum absolute atomic E-state index is 12.5. The first-order chi connectivity index (χ1) is 12.4. The molecule has 26 heavy (non-hydrogen) atoms. The van der Waals surface area contributed by atoms with E-state index >= 15 is 0 Å². The Labute approximate surface area is 157 Å². The number of carbonyl (C=O) groups is 1. The van der Waals surface area contributed by atoms with Crippen LogP contribution in [0.5, 0.6) is 11.5 Å². The van der Waals surface area contributed by atoms with Crippen LogP contribution in [0.25, 0.3) is 0 Å². The van der Waals surface area contributed by atoms with Crippen LogP contribution in [0.1, 0.15) is 37.1 Å². The molecule has 3 aromatic rings. The van der Waals surface area contributed by atoms with Gasteiger partial charge in [0.1, 0.15) is 28.0 Å². The van der Waals surface area contributed by atoms with Gasteiger partial charge in [0.2, 0.25) is 0 Å². The van der Waals surface area contributed by atoms with Crippen molar-refractivity contribution in [3.05, 3.63) is 74.7 Å². The second-order valence-electron chi connectivity index (χ2n) is 6.34. The summed E-state index contributed by atoms with van der Waals surface area (Å²) in [4.78, 5) is 17.4. The summed E-state index contributed by atoms with van der Waals surface area (Å²) >= 11 is 1.31. The van der Waals surface area contributed by atoms with E-state index in [0.717, 1.165) is 21.9 Å². The Morgan fingerprint density at radius 2 is 1.58 bits per heavy atom. The summed E-state index contributed by atoms with van der Waals surface area (Å²) < 4.78 is 11.3. The van der Waals surface area contributed by atoms with Gasteiger partial charge in [0.25, 0.3) is 0 Å². The molecular weight excluding hydrogens is 346 g/mol. The zero-order valence-electron chi connectivity index (χ0n) is 15.3. The number of rotatable bonds is 5. The van der Waals surface area contributed by atoms with Crippen molar-refractivity contribution in [1.82, 2.24) is 4.98 Å². The second kappa shape index (κ2) is 7.70. The number of ether oxygens (including phenoxy) is 2. The minimum Gasteiger partial charge on any atom is -0.486 e. The number of thiazole rings is 1. The summed E-state index contributed by atoms with van der Waals surface area (Å²) in [5, 5.41) is 0.746. The smallest absolute Gasteiger partial charge is 0.355 e. The molecule has 0 aliphatic heterocycles. The van der Waals surface area contributed by atoms with Crippen molar-refractivity contribution in [1.29, 1.82) is 0 Å². The molecule has 0 fully saturated rings. The molecule has 0 radical (unpaired) electrons. The van der Waals surface area contributed by atoms with Gasteiger partial charge in [-0.3, -0.25) is 0 Å². The highest BCUT2D eigenvalue weighted by molar-refractivity contribution is 7.13. The van der Waals surface area contributed by atoms with Gasteiger partial charge < -0.3 is 9.47 Å². The maximum Gasteiger partial charge on any atom is 0.355 e. The molecule has 0 spiro atoms. The topological polar surface area (TPSA) is 48.4 Å². The number of nitrogens with zero attached hydrogens (tertiary/aromatic N) is 1. The largest absolute Gasteiger partial charge is 0.486 e. The molecule has 3 rings (SSSR count). The summed E-state index contributed by atoms with van der Waals surface area (Å²) in [6.45, 7) is 8.11. The van der Waals surface area contributed by atoms with E-state index in [4.69, 9.17) is 9.47 Å². The molecule has 0 saturated heterocycles. The van der Waals surface area contributed by atoms with Crippen molar-refractivity contribution in [3.8, 4) is 11.5 Å². The first-order valence-electron chi connectivity index (χ1n) is 8.37. The van der Waals surface area contributed by atoms with E-state index in [0.29, 0.717) is 22.9 Å². The van der Waals surface area contributed by atoms with Crippen molar-refractivity contribution in [2.75, 3.05) is 0 Å². The molecule has 0 unspecified atom stereocenters. The van der Waals surface area contributed by atoms with Gasteiger partial charge >= 0.3 is 5.97 Å². The normalized spacial score (nSPS) is 10.6. The molecule has 0 amide bonds. The van der Waals surface area contributed by atoms with E-state index in [1.165, 1.54) is 16.9 Å². The van der Waals surface area contributed by atoms with Gasteiger partial charge in [-0.1, -0.05) is 23.8 Å². The number of hydrogen-bond donors (Lipinski definition) is 0. The Morgan fingerprint density at radius 1 is 0.923 bits per heavy atom. The molecule has 0 atom stereocenters. The number of aryl methyl sites for hydroxylation is 4. The number of aromatic nitrogens is 1. The zero-order chi connectivity index (χ0) is 18.7. The fourth-order valence-electron chi connectivity index (χ4n) is 2.63. The van der Waals surface area contributed by atoms with Gasteiger partial charge in [-0.05, 0) is 63.1 Å². The summed E-state index contributed by atoms with van der Waals surface area (Å²) in [5.41, 5.74) is 3.95. The van der Waals surface area contributed by atoms with Crippen molar-refractivity contribution in [2.45, 2.75) is 34.3 Å². The quantitative estimate of drug-likeness (QED) is 0.461. The Bertz CT molecular complexity index is 909. The summed E-state index contributed by atoms with van der Waals surface area (Å²) in [6.07, 6.45) is 0. The lowest BCUT2D eigenvalue weighted by Crippen LogP contribution is -2.08.